The van der Waals surface area contributed by atoms with Gasteiger partial charge in [0.25, 0.3) is 5.91 Å². The number of likely N-dealkylation sites (tertiary alicyclic amines) is 1. The van der Waals surface area contributed by atoms with Crippen molar-refractivity contribution in [2.24, 2.45) is 0 Å². The van der Waals surface area contributed by atoms with E-state index >= 15 is 0 Å². The molecule has 0 radical (unpaired) electrons. The van der Waals surface area contributed by atoms with Crippen LogP contribution in [0.4, 0.5) is 0 Å². The summed E-state index contributed by atoms with van der Waals surface area (Å²) in [5.74, 6) is -0.245. The molecule has 1 N–H and O–H groups in total. The van der Waals surface area contributed by atoms with Crippen LogP contribution in [-0.2, 0) is 27.5 Å². The Kier molecular flexibility index (Phi) is 5.57. The molecule has 182 valence electrons. The monoisotopic (exact) mass is 475 g/mol. The van der Waals surface area contributed by atoms with Gasteiger partial charge in [0.15, 0.2) is 0 Å². The van der Waals surface area contributed by atoms with Gasteiger partial charge in [-0.3, -0.25) is 24.6 Å². The lowest BCUT2D eigenvalue weighted by Crippen LogP contribution is -2.52. The van der Waals surface area contributed by atoms with Crippen LogP contribution in [0.5, 0.6) is 5.75 Å². The van der Waals surface area contributed by atoms with E-state index in [4.69, 9.17) is 9.47 Å². The maximum atomic E-state index is 13.0. The van der Waals surface area contributed by atoms with Gasteiger partial charge in [0.05, 0.1) is 19.3 Å². The molecular weight excluding hydrogens is 446 g/mol. The van der Waals surface area contributed by atoms with Crippen LogP contribution in [0.3, 0.4) is 0 Å². The molecule has 6 rings (SSSR count). The summed E-state index contributed by atoms with van der Waals surface area (Å²) in [6, 6.07) is 14.2. The zero-order chi connectivity index (χ0) is 24.1. The van der Waals surface area contributed by atoms with Crippen molar-refractivity contribution in [3.05, 3.63) is 64.7 Å². The van der Waals surface area contributed by atoms with Crippen LogP contribution in [0.15, 0.2) is 42.5 Å². The number of carbonyl (C=O) groups is 3. The van der Waals surface area contributed by atoms with Gasteiger partial charge in [-0.2, -0.15) is 0 Å². The minimum Gasteiger partial charge on any atom is -0.489 e. The average Bonchev–Trinajstić information content (AvgIpc) is 3.58. The maximum Gasteiger partial charge on any atom is 0.255 e. The highest BCUT2D eigenvalue weighted by Crippen LogP contribution is 2.36. The van der Waals surface area contributed by atoms with Crippen LogP contribution in [-0.4, -0.2) is 58.9 Å². The van der Waals surface area contributed by atoms with Crippen LogP contribution < -0.4 is 10.1 Å². The van der Waals surface area contributed by atoms with Crippen LogP contribution >= 0.6 is 0 Å². The first kappa shape index (κ1) is 22.2. The van der Waals surface area contributed by atoms with E-state index in [1.165, 1.54) is 5.56 Å². The number of morpholine rings is 1. The summed E-state index contributed by atoms with van der Waals surface area (Å²) in [7, 11) is 0. The number of piperidine rings is 1. The van der Waals surface area contributed by atoms with E-state index in [1.807, 2.05) is 6.07 Å². The molecule has 0 spiro atoms. The molecule has 8 heteroatoms. The van der Waals surface area contributed by atoms with Gasteiger partial charge in [0.2, 0.25) is 11.8 Å². The number of nitrogens with one attached hydrogen (secondary N) is 1. The van der Waals surface area contributed by atoms with Gasteiger partial charge in [-0.05, 0) is 43.0 Å². The maximum absolute atomic E-state index is 13.0. The third kappa shape index (κ3) is 4.00. The Hall–Kier alpha value is -3.23. The second-order valence-electron chi connectivity index (χ2n) is 9.93. The third-order valence-electron chi connectivity index (χ3n) is 7.84. The second-order valence-corrected chi connectivity index (χ2v) is 9.93. The Balaban J connectivity index is 1.12. The lowest BCUT2D eigenvalue weighted by molar-refractivity contribution is -0.136. The average molecular weight is 476 g/mol. The lowest BCUT2D eigenvalue weighted by Gasteiger charge is -2.32. The highest BCUT2D eigenvalue weighted by atomic mass is 16.5. The van der Waals surface area contributed by atoms with Gasteiger partial charge in [-0.25, -0.2) is 0 Å². The van der Waals surface area contributed by atoms with E-state index in [1.54, 1.807) is 17.0 Å². The Bertz CT molecular complexity index is 1180. The Morgan fingerprint density at radius 2 is 1.97 bits per heavy atom. The van der Waals surface area contributed by atoms with Gasteiger partial charge in [0, 0.05) is 36.2 Å². The molecule has 4 aliphatic rings. The van der Waals surface area contributed by atoms with Crippen LogP contribution in [0.1, 0.15) is 59.3 Å². The molecule has 4 aliphatic heterocycles. The van der Waals surface area contributed by atoms with Crippen molar-refractivity contribution in [2.45, 2.75) is 63.6 Å². The molecular formula is C27H29N3O5. The molecule has 4 atom stereocenters. The number of hydrogen-bond donors (Lipinski definition) is 1. The van der Waals surface area contributed by atoms with Crippen molar-refractivity contribution < 1.29 is 23.9 Å². The van der Waals surface area contributed by atoms with Crippen LogP contribution in [0.2, 0.25) is 0 Å². The summed E-state index contributed by atoms with van der Waals surface area (Å²) in [4.78, 5) is 40.9. The third-order valence-corrected chi connectivity index (χ3v) is 7.84. The summed E-state index contributed by atoms with van der Waals surface area (Å²) in [5, 5.41) is 2.34. The van der Waals surface area contributed by atoms with Gasteiger partial charge in [-0.15, -0.1) is 0 Å². The fourth-order valence-electron chi connectivity index (χ4n) is 5.84. The smallest absolute Gasteiger partial charge is 0.255 e. The molecule has 3 fully saturated rings. The summed E-state index contributed by atoms with van der Waals surface area (Å²) in [6.07, 6.45) is 2.11. The Labute approximate surface area is 204 Å². The minimum absolute atomic E-state index is 0.195. The molecule has 35 heavy (non-hydrogen) atoms. The highest BCUT2D eigenvalue weighted by molar-refractivity contribution is 6.05. The van der Waals surface area contributed by atoms with Crippen LogP contribution in [0.25, 0.3) is 0 Å². The molecule has 0 aliphatic carbocycles. The van der Waals surface area contributed by atoms with E-state index in [-0.39, 0.29) is 18.2 Å². The first-order chi connectivity index (χ1) is 17.0. The number of hydrogen-bond acceptors (Lipinski definition) is 6. The van der Waals surface area contributed by atoms with E-state index in [0.29, 0.717) is 49.1 Å². The molecule has 2 aromatic rings. The zero-order valence-corrected chi connectivity index (χ0v) is 19.7. The number of ether oxygens (including phenoxy) is 2. The van der Waals surface area contributed by atoms with Crippen molar-refractivity contribution in [3.8, 4) is 5.75 Å². The summed E-state index contributed by atoms with van der Waals surface area (Å²) < 4.78 is 11.9. The lowest BCUT2D eigenvalue weighted by atomic mass is 10.0. The van der Waals surface area contributed by atoms with E-state index in [9.17, 15) is 14.4 Å². The molecule has 8 nitrogen and oxygen atoms in total. The normalized spacial score (nSPS) is 26.7. The molecule has 4 heterocycles. The standard InChI is InChI=1S/C27H29N3O5/c1-16(29-12-20-11-19(29)15-34-20)18-7-5-17(6-8-18)14-35-24-4-2-3-21-22(24)13-30(27(21)33)23-9-10-25(31)28-26(23)32/h2-8,16,19-20,23H,9-15H2,1H3,(H,28,31,32)/t16-,19?,20?,23+/m1/s1. The number of rotatable bonds is 6. The fraction of sp³-hybridized carbons (Fsp3) is 0.444. The molecule has 0 aromatic heterocycles. The van der Waals surface area contributed by atoms with Crippen LogP contribution in [0, 0.1) is 0 Å². The zero-order valence-electron chi connectivity index (χ0n) is 19.7. The number of fused-ring (bicyclic) bond motifs is 3. The quantitative estimate of drug-likeness (QED) is 0.646. The van der Waals surface area contributed by atoms with Crippen molar-refractivity contribution in [3.63, 3.8) is 0 Å². The largest absolute Gasteiger partial charge is 0.489 e. The van der Waals surface area contributed by atoms with Gasteiger partial charge in [-0.1, -0.05) is 30.3 Å². The number of imide groups is 1. The summed E-state index contributed by atoms with van der Waals surface area (Å²) in [6.45, 7) is 4.79. The van der Waals surface area contributed by atoms with Gasteiger partial charge < -0.3 is 14.4 Å². The molecule has 0 saturated carbocycles. The fourth-order valence-corrected chi connectivity index (χ4v) is 5.84. The Morgan fingerprint density at radius 3 is 2.69 bits per heavy atom. The second kappa shape index (κ2) is 8.77. The number of nitrogens with zero attached hydrogens (tertiary/aromatic N) is 2. The highest BCUT2D eigenvalue weighted by Gasteiger charge is 2.42. The van der Waals surface area contributed by atoms with Crippen molar-refractivity contribution >= 4 is 17.7 Å². The minimum atomic E-state index is -0.632. The van der Waals surface area contributed by atoms with Crippen molar-refractivity contribution in [2.75, 3.05) is 13.2 Å². The molecule has 2 aromatic carbocycles. The number of carbonyl (C=O) groups excluding carboxylic acids is 3. The number of amides is 3. The van der Waals surface area contributed by atoms with E-state index < -0.39 is 11.9 Å². The predicted molar refractivity (Wildman–Crippen MR) is 127 cm³/mol. The molecule has 3 saturated heterocycles. The van der Waals surface area contributed by atoms with E-state index in [2.05, 4.69) is 41.4 Å². The first-order valence-electron chi connectivity index (χ1n) is 12.3. The van der Waals surface area contributed by atoms with Crippen molar-refractivity contribution in [1.29, 1.82) is 0 Å². The number of benzene rings is 2. The van der Waals surface area contributed by atoms with Gasteiger partial charge in [0.1, 0.15) is 18.4 Å². The van der Waals surface area contributed by atoms with E-state index in [0.717, 1.165) is 30.7 Å². The van der Waals surface area contributed by atoms with Crippen molar-refractivity contribution in [1.82, 2.24) is 15.1 Å². The summed E-state index contributed by atoms with van der Waals surface area (Å²) >= 11 is 0. The SMILES string of the molecule is C[C@H](c1ccc(COc2cccc3c2CN([C@H]2CCC(=O)NC2=O)C3=O)cc1)N1CC2CC1CO2. The first-order valence-corrected chi connectivity index (χ1v) is 12.3. The van der Waals surface area contributed by atoms with Gasteiger partial charge >= 0.3 is 0 Å². The molecule has 2 unspecified atom stereocenters. The summed E-state index contributed by atoms with van der Waals surface area (Å²) in [5.41, 5.74) is 3.68. The predicted octanol–water partition coefficient (Wildman–Crippen LogP) is 2.56. The molecule has 2 bridgehead atoms. The topological polar surface area (TPSA) is 88.2 Å². The molecule has 3 amide bonds. The Morgan fingerprint density at radius 1 is 1.14 bits per heavy atom.